The lowest BCUT2D eigenvalue weighted by Gasteiger charge is -2.41. The number of ether oxygens (including phenoxy) is 1. The number of benzene rings is 1. The molecule has 6 heteroatoms. The summed E-state index contributed by atoms with van der Waals surface area (Å²) in [6, 6.07) is 6.56. The molecule has 0 saturated carbocycles. The molecule has 0 radical (unpaired) electrons. The first-order valence-corrected chi connectivity index (χ1v) is 11.1. The topological polar surface area (TPSA) is 53.0 Å². The van der Waals surface area contributed by atoms with E-state index in [1.807, 2.05) is 6.07 Å². The van der Waals surface area contributed by atoms with Crippen molar-refractivity contribution in [3.8, 4) is 5.75 Å². The maximum atomic E-state index is 11.6. The van der Waals surface area contributed by atoms with Gasteiger partial charge < -0.3 is 9.84 Å². The van der Waals surface area contributed by atoms with Crippen LogP contribution >= 0.6 is 11.3 Å². The number of aliphatic hydroxyl groups is 1. The van der Waals surface area contributed by atoms with E-state index in [1.165, 1.54) is 33.6 Å². The van der Waals surface area contributed by atoms with Gasteiger partial charge in [-0.25, -0.2) is 0 Å². The van der Waals surface area contributed by atoms with Crippen molar-refractivity contribution < 1.29 is 14.6 Å². The van der Waals surface area contributed by atoms with E-state index in [0.29, 0.717) is 6.04 Å². The third-order valence-electron chi connectivity index (χ3n) is 6.00. The molecule has 0 amide bonds. The largest absolute Gasteiger partial charge is 0.496 e. The number of rotatable bonds is 8. The lowest BCUT2D eigenvalue weighted by atomic mass is 10.00. The van der Waals surface area contributed by atoms with E-state index in [1.54, 1.807) is 14.0 Å². The zero-order valence-electron chi connectivity index (χ0n) is 17.9. The summed E-state index contributed by atoms with van der Waals surface area (Å²) < 4.78 is 5.44. The second-order valence-electron chi connectivity index (χ2n) is 7.92. The van der Waals surface area contributed by atoms with Gasteiger partial charge in [-0.1, -0.05) is 6.07 Å². The van der Waals surface area contributed by atoms with Gasteiger partial charge in [-0.2, -0.15) is 0 Å². The van der Waals surface area contributed by atoms with Crippen LogP contribution in [0.25, 0.3) is 0 Å². The Hall–Kier alpha value is -1.73. The monoisotopic (exact) mass is 416 g/mol. The van der Waals surface area contributed by atoms with E-state index in [-0.39, 0.29) is 12.4 Å². The first-order valence-electron chi connectivity index (χ1n) is 10.2. The molecule has 29 heavy (non-hydrogen) atoms. The molecule has 158 valence electrons. The van der Waals surface area contributed by atoms with E-state index in [2.05, 4.69) is 41.2 Å². The Morgan fingerprint density at radius 1 is 1.24 bits per heavy atom. The Kier molecular flexibility index (Phi) is 7.46. The predicted octanol–water partition coefficient (Wildman–Crippen LogP) is 3.64. The summed E-state index contributed by atoms with van der Waals surface area (Å²) in [6.07, 6.45) is 0.771. The number of ketones is 1. The number of hydrogen-bond donors (Lipinski definition) is 1. The summed E-state index contributed by atoms with van der Waals surface area (Å²) in [7, 11) is 1.71. The first-order chi connectivity index (χ1) is 13.9. The van der Waals surface area contributed by atoms with Crippen LogP contribution in [0.4, 0.5) is 0 Å². The number of piperazine rings is 1. The van der Waals surface area contributed by atoms with Crippen LogP contribution in [0.5, 0.6) is 5.75 Å². The molecule has 0 unspecified atom stereocenters. The van der Waals surface area contributed by atoms with Gasteiger partial charge in [0.05, 0.1) is 12.0 Å². The second-order valence-corrected chi connectivity index (χ2v) is 8.84. The number of carbonyl (C=O) groups excluding carboxylic acids is 1. The number of hydrogen-bond acceptors (Lipinski definition) is 6. The predicted molar refractivity (Wildman–Crippen MR) is 118 cm³/mol. The highest BCUT2D eigenvalue weighted by Gasteiger charge is 2.27. The van der Waals surface area contributed by atoms with Crippen LogP contribution in [0.15, 0.2) is 23.6 Å². The highest BCUT2D eigenvalue weighted by molar-refractivity contribution is 7.12. The van der Waals surface area contributed by atoms with Gasteiger partial charge in [0, 0.05) is 45.4 Å². The normalized spacial score (nSPS) is 18.2. The fourth-order valence-corrected chi connectivity index (χ4v) is 4.90. The number of thiophene rings is 1. The van der Waals surface area contributed by atoms with E-state index in [9.17, 15) is 9.90 Å². The highest BCUT2D eigenvalue weighted by Crippen LogP contribution is 2.27. The number of nitrogens with zero attached hydrogens (tertiary/aromatic N) is 2. The van der Waals surface area contributed by atoms with Gasteiger partial charge in [-0.05, 0) is 67.0 Å². The van der Waals surface area contributed by atoms with E-state index in [0.717, 1.165) is 49.8 Å². The van der Waals surface area contributed by atoms with Crippen LogP contribution in [0.2, 0.25) is 0 Å². The quantitative estimate of drug-likeness (QED) is 0.666. The Balaban J connectivity index is 1.67. The molecule has 1 aliphatic heterocycles. The van der Waals surface area contributed by atoms with Crippen LogP contribution < -0.4 is 4.74 Å². The van der Waals surface area contributed by atoms with Gasteiger partial charge in [-0.15, -0.1) is 11.3 Å². The number of aliphatic hydroxyl groups excluding tert-OH is 1. The van der Waals surface area contributed by atoms with Crippen molar-refractivity contribution >= 4 is 17.1 Å². The second kappa shape index (κ2) is 9.85. The van der Waals surface area contributed by atoms with Crippen molar-refractivity contribution in [2.45, 2.75) is 46.3 Å². The molecule has 2 aromatic rings. The molecule has 1 aromatic heterocycles. The molecule has 1 saturated heterocycles. The molecule has 1 aromatic carbocycles. The average Bonchev–Trinajstić information content (AvgIpc) is 3.16. The molecule has 1 aliphatic rings. The molecule has 1 atom stereocenters. The van der Waals surface area contributed by atoms with E-state index >= 15 is 0 Å². The molecular formula is C23H32N2O3S. The molecule has 5 nitrogen and oxygen atoms in total. The maximum Gasteiger partial charge on any atom is 0.169 e. The molecule has 0 spiro atoms. The minimum absolute atomic E-state index is 0.134. The van der Waals surface area contributed by atoms with Crippen LogP contribution in [-0.2, 0) is 13.1 Å². The van der Waals surface area contributed by atoms with Crippen molar-refractivity contribution in [1.82, 2.24) is 9.80 Å². The summed E-state index contributed by atoms with van der Waals surface area (Å²) in [5, 5.41) is 11.7. The minimum Gasteiger partial charge on any atom is -0.496 e. The van der Waals surface area contributed by atoms with Crippen molar-refractivity contribution in [2.24, 2.45) is 0 Å². The fraction of sp³-hybridized carbons (Fsp3) is 0.522. The van der Waals surface area contributed by atoms with Gasteiger partial charge in [0.25, 0.3) is 0 Å². The summed E-state index contributed by atoms with van der Waals surface area (Å²) >= 11 is 1.53. The highest BCUT2D eigenvalue weighted by atomic mass is 32.1. The molecular weight excluding hydrogens is 384 g/mol. The van der Waals surface area contributed by atoms with Crippen molar-refractivity contribution in [1.29, 1.82) is 0 Å². The average molecular weight is 417 g/mol. The summed E-state index contributed by atoms with van der Waals surface area (Å²) in [4.78, 5) is 17.3. The number of carbonyl (C=O) groups is 1. The van der Waals surface area contributed by atoms with E-state index in [4.69, 9.17) is 4.74 Å². The van der Waals surface area contributed by atoms with Crippen LogP contribution in [0.1, 0.15) is 45.3 Å². The summed E-state index contributed by atoms with van der Waals surface area (Å²) in [5.74, 6) is 1.07. The molecule has 1 N–H and O–H groups in total. The van der Waals surface area contributed by atoms with Crippen molar-refractivity contribution in [2.75, 3.05) is 33.4 Å². The van der Waals surface area contributed by atoms with Gasteiger partial charge in [0.1, 0.15) is 5.75 Å². The van der Waals surface area contributed by atoms with Gasteiger partial charge in [0.2, 0.25) is 0 Å². The van der Waals surface area contributed by atoms with Gasteiger partial charge in [-0.3, -0.25) is 14.6 Å². The fourth-order valence-electron chi connectivity index (χ4n) is 4.10. The Labute approximate surface area is 177 Å². The molecule has 1 fully saturated rings. The molecule has 0 bridgehead atoms. The lowest BCUT2D eigenvalue weighted by Crippen LogP contribution is -2.52. The van der Waals surface area contributed by atoms with Crippen molar-refractivity contribution in [3.63, 3.8) is 0 Å². The van der Waals surface area contributed by atoms with Gasteiger partial charge >= 0.3 is 0 Å². The Bertz CT molecular complexity index is 849. The number of Topliss-reactive ketones (excluding diaryl/α,β-unsaturated/α-hetero) is 1. The SMILES string of the molecule is COc1ccc(CN2CCN(Cc3csc(C(C)=O)c3)C[C@@H]2CCO)c(C)c1C. The molecule has 0 aliphatic carbocycles. The first kappa shape index (κ1) is 22.0. The zero-order valence-corrected chi connectivity index (χ0v) is 18.7. The molecule has 2 heterocycles. The lowest BCUT2D eigenvalue weighted by molar-refractivity contribution is 0.0499. The van der Waals surface area contributed by atoms with Crippen molar-refractivity contribution in [3.05, 3.63) is 50.7 Å². The third-order valence-corrected chi connectivity index (χ3v) is 7.08. The van der Waals surface area contributed by atoms with Crippen LogP contribution in [0, 0.1) is 13.8 Å². The summed E-state index contributed by atoms with van der Waals surface area (Å²) in [6.45, 7) is 10.7. The van der Waals surface area contributed by atoms with E-state index < -0.39 is 0 Å². The standard InChI is InChI=1S/C23H32N2O3S/c1-16-17(2)22(28-4)6-5-20(16)13-25-9-8-24(14-21(25)7-10-26)12-19-11-23(18(3)27)29-15-19/h5-6,11,15,21,26H,7-10,12-14H2,1-4H3/t21-/m0/s1. The summed E-state index contributed by atoms with van der Waals surface area (Å²) in [5.41, 5.74) is 5.01. The van der Waals surface area contributed by atoms with Crippen LogP contribution in [-0.4, -0.2) is 60.1 Å². The minimum atomic E-state index is 0.134. The maximum absolute atomic E-state index is 11.6. The zero-order chi connectivity index (χ0) is 21.0. The molecule has 3 rings (SSSR count). The Morgan fingerprint density at radius 3 is 2.69 bits per heavy atom. The number of methoxy groups -OCH3 is 1. The van der Waals surface area contributed by atoms with Gasteiger partial charge in [0.15, 0.2) is 5.78 Å². The third kappa shape index (κ3) is 5.25. The Morgan fingerprint density at radius 2 is 2.03 bits per heavy atom. The smallest absolute Gasteiger partial charge is 0.169 e. The van der Waals surface area contributed by atoms with Crippen LogP contribution in [0.3, 0.4) is 0 Å².